The van der Waals surface area contributed by atoms with E-state index in [2.05, 4.69) is 36.1 Å². The quantitative estimate of drug-likeness (QED) is 0.769. The summed E-state index contributed by atoms with van der Waals surface area (Å²) in [5.41, 5.74) is 2.62. The zero-order valence-corrected chi connectivity index (χ0v) is 12.6. The van der Waals surface area contributed by atoms with Gasteiger partial charge in [0.2, 0.25) is 0 Å². The lowest BCUT2D eigenvalue weighted by molar-refractivity contribution is 0.270. The lowest BCUT2D eigenvalue weighted by Gasteiger charge is -2.21. The van der Waals surface area contributed by atoms with E-state index in [9.17, 15) is 8.42 Å². The van der Waals surface area contributed by atoms with Crippen molar-refractivity contribution in [2.24, 2.45) is 0 Å². The third-order valence-electron chi connectivity index (χ3n) is 3.63. The fraction of sp³-hybridized carbons (Fsp3) is 0.600. The third kappa shape index (κ3) is 4.96. The maximum atomic E-state index is 11.3. The highest BCUT2D eigenvalue weighted by Gasteiger charge is 2.29. The molecule has 0 heterocycles. The van der Waals surface area contributed by atoms with Crippen LogP contribution in [0.4, 0.5) is 0 Å². The van der Waals surface area contributed by atoms with Gasteiger partial charge in [-0.25, -0.2) is 8.42 Å². The standard InChI is InChI=1S/C15H23NO2S/c1-3-13-4-6-14(7-5-13)12-16(15-8-9-15)10-11-19(2,17)18/h4-7,15H,3,8-12H2,1-2H3. The molecule has 106 valence electrons. The number of rotatable bonds is 7. The summed E-state index contributed by atoms with van der Waals surface area (Å²) < 4.78 is 22.6. The second-order valence-corrected chi connectivity index (χ2v) is 7.76. The van der Waals surface area contributed by atoms with Crippen molar-refractivity contribution in [3.8, 4) is 0 Å². The van der Waals surface area contributed by atoms with E-state index < -0.39 is 9.84 Å². The number of hydrogen-bond acceptors (Lipinski definition) is 3. The van der Waals surface area contributed by atoms with Crippen molar-refractivity contribution in [1.29, 1.82) is 0 Å². The van der Waals surface area contributed by atoms with Gasteiger partial charge in [-0.2, -0.15) is 0 Å². The minimum absolute atomic E-state index is 0.260. The van der Waals surface area contributed by atoms with Crippen LogP contribution in [0.25, 0.3) is 0 Å². The van der Waals surface area contributed by atoms with Gasteiger partial charge in [0.15, 0.2) is 0 Å². The van der Waals surface area contributed by atoms with E-state index in [1.165, 1.54) is 30.2 Å². The van der Waals surface area contributed by atoms with Crippen LogP contribution < -0.4 is 0 Å². The first kappa shape index (κ1) is 14.5. The predicted molar refractivity (Wildman–Crippen MR) is 79.0 cm³/mol. The molecule has 0 aliphatic heterocycles. The van der Waals surface area contributed by atoms with Gasteiger partial charge in [-0.05, 0) is 30.4 Å². The monoisotopic (exact) mass is 281 g/mol. The van der Waals surface area contributed by atoms with Gasteiger partial charge >= 0.3 is 0 Å². The molecule has 1 saturated carbocycles. The Morgan fingerprint density at radius 1 is 1.16 bits per heavy atom. The highest BCUT2D eigenvalue weighted by molar-refractivity contribution is 7.90. The van der Waals surface area contributed by atoms with Crippen LogP contribution >= 0.6 is 0 Å². The van der Waals surface area contributed by atoms with Crippen LogP contribution in [0.2, 0.25) is 0 Å². The molecule has 0 saturated heterocycles. The molecule has 1 aromatic rings. The minimum Gasteiger partial charge on any atom is -0.295 e. The molecule has 0 atom stereocenters. The number of sulfone groups is 1. The molecule has 0 bridgehead atoms. The zero-order chi connectivity index (χ0) is 13.9. The number of hydrogen-bond donors (Lipinski definition) is 0. The van der Waals surface area contributed by atoms with Gasteiger partial charge in [0.25, 0.3) is 0 Å². The summed E-state index contributed by atoms with van der Waals surface area (Å²) in [6.45, 7) is 3.67. The van der Waals surface area contributed by atoms with Crippen LogP contribution in [0.1, 0.15) is 30.9 Å². The Morgan fingerprint density at radius 3 is 2.21 bits per heavy atom. The van der Waals surface area contributed by atoms with Gasteiger partial charge in [0.05, 0.1) is 5.75 Å². The van der Waals surface area contributed by atoms with Crippen molar-refractivity contribution >= 4 is 9.84 Å². The maximum absolute atomic E-state index is 11.3. The van der Waals surface area contributed by atoms with Crippen molar-refractivity contribution in [1.82, 2.24) is 4.90 Å². The Balaban J connectivity index is 1.95. The van der Waals surface area contributed by atoms with Gasteiger partial charge in [0.1, 0.15) is 9.84 Å². The number of aryl methyl sites for hydroxylation is 1. The summed E-state index contributed by atoms with van der Waals surface area (Å²) in [4.78, 5) is 2.31. The van der Waals surface area contributed by atoms with Gasteiger partial charge < -0.3 is 0 Å². The highest BCUT2D eigenvalue weighted by atomic mass is 32.2. The molecule has 19 heavy (non-hydrogen) atoms. The van der Waals surface area contributed by atoms with Gasteiger partial charge in [-0.3, -0.25) is 4.90 Å². The van der Waals surface area contributed by atoms with Crippen molar-refractivity contribution in [3.05, 3.63) is 35.4 Å². The summed E-state index contributed by atoms with van der Waals surface area (Å²) in [5.74, 6) is 0.260. The first-order chi connectivity index (χ1) is 8.98. The van der Waals surface area contributed by atoms with Crippen LogP contribution in [-0.4, -0.2) is 37.9 Å². The smallest absolute Gasteiger partial charge is 0.148 e. The van der Waals surface area contributed by atoms with Gasteiger partial charge in [-0.1, -0.05) is 31.2 Å². The van der Waals surface area contributed by atoms with E-state index in [1.54, 1.807) is 0 Å². The predicted octanol–water partition coefficient (Wildman–Crippen LogP) is 2.26. The van der Waals surface area contributed by atoms with E-state index >= 15 is 0 Å². The Labute approximate surface area is 116 Å². The van der Waals surface area contributed by atoms with Crippen LogP contribution in [0.3, 0.4) is 0 Å². The second kappa shape index (κ2) is 6.06. The van der Waals surface area contributed by atoms with Crippen LogP contribution in [0.15, 0.2) is 24.3 Å². The zero-order valence-electron chi connectivity index (χ0n) is 11.8. The summed E-state index contributed by atoms with van der Waals surface area (Å²) in [6, 6.07) is 9.24. The average Bonchev–Trinajstić information content (AvgIpc) is 3.18. The molecule has 0 amide bonds. The molecule has 4 heteroatoms. The summed E-state index contributed by atoms with van der Waals surface area (Å²) in [6.07, 6.45) is 4.78. The SMILES string of the molecule is CCc1ccc(CN(CCS(C)(=O)=O)C2CC2)cc1. The minimum atomic E-state index is -2.87. The van der Waals surface area contributed by atoms with Crippen LogP contribution in [0, 0.1) is 0 Å². The molecule has 1 aromatic carbocycles. The topological polar surface area (TPSA) is 37.4 Å². The number of benzene rings is 1. The first-order valence-corrected chi connectivity index (χ1v) is 9.03. The molecule has 3 nitrogen and oxygen atoms in total. The van der Waals surface area contributed by atoms with Crippen molar-refractivity contribution in [2.75, 3.05) is 18.6 Å². The molecular weight excluding hydrogens is 258 g/mol. The molecule has 1 aliphatic carbocycles. The van der Waals surface area contributed by atoms with Crippen molar-refractivity contribution < 1.29 is 8.42 Å². The summed E-state index contributed by atoms with van der Waals surface area (Å²) in [7, 11) is -2.87. The van der Waals surface area contributed by atoms with E-state index in [0.29, 0.717) is 12.6 Å². The maximum Gasteiger partial charge on any atom is 0.148 e. The number of nitrogens with zero attached hydrogens (tertiary/aromatic N) is 1. The Hall–Kier alpha value is -0.870. The molecule has 0 N–H and O–H groups in total. The summed E-state index contributed by atoms with van der Waals surface area (Å²) in [5, 5.41) is 0. The van der Waals surface area contributed by atoms with Crippen molar-refractivity contribution in [3.63, 3.8) is 0 Å². The average molecular weight is 281 g/mol. The Morgan fingerprint density at radius 2 is 1.74 bits per heavy atom. The molecular formula is C15H23NO2S. The van der Waals surface area contributed by atoms with E-state index in [4.69, 9.17) is 0 Å². The molecule has 0 radical (unpaired) electrons. The molecule has 1 fully saturated rings. The Kier molecular flexibility index (Phi) is 4.63. The second-order valence-electron chi connectivity index (χ2n) is 5.50. The first-order valence-electron chi connectivity index (χ1n) is 6.97. The molecule has 2 rings (SSSR count). The molecule has 0 unspecified atom stereocenters. The van der Waals surface area contributed by atoms with E-state index in [0.717, 1.165) is 13.0 Å². The molecule has 0 spiro atoms. The van der Waals surface area contributed by atoms with E-state index in [-0.39, 0.29) is 5.75 Å². The van der Waals surface area contributed by atoms with Crippen molar-refractivity contribution in [2.45, 2.75) is 38.8 Å². The van der Waals surface area contributed by atoms with Gasteiger partial charge in [0, 0.05) is 25.4 Å². The van der Waals surface area contributed by atoms with Crippen LogP contribution in [0.5, 0.6) is 0 Å². The van der Waals surface area contributed by atoms with Gasteiger partial charge in [-0.15, -0.1) is 0 Å². The van der Waals surface area contributed by atoms with Crippen LogP contribution in [-0.2, 0) is 22.8 Å². The highest BCUT2D eigenvalue weighted by Crippen LogP contribution is 2.28. The summed E-state index contributed by atoms with van der Waals surface area (Å²) >= 11 is 0. The normalized spacial score (nSPS) is 15.9. The lowest BCUT2D eigenvalue weighted by Crippen LogP contribution is -2.30. The fourth-order valence-corrected chi connectivity index (χ4v) is 2.79. The molecule has 1 aliphatic rings. The lowest BCUT2D eigenvalue weighted by atomic mass is 10.1. The third-order valence-corrected chi connectivity index (χ3v) is 4.55. The Bertz CT molecular complexity index is 503. The van der Waals surface area contributed by atoms with E-state index in [1.807, 2.05) is 0 Å². The fourth-order valence-electron chi connectivity index (χ4n) is 2.23. The molecule has 0 aromatic heterocycles. The largest absolute Gasteiger partial charge is 0.295 e.